The Morgan fingerprint density at radius 2 is 1.38 bits per heavy atom. The first-order valence-corrected chi connectivity index (χ1v) is 31.8. The van der Waals surface area contributed by atoms with Gasteiger partial charge in [0.1, 0.15) is 0 Å². The molecule has 0 bridgehead atoms. The summed E-state index contributed by atoms with van der Waals surface area (Å²) in [4.78, 5) is 0. The van der Waals surface area contributed by atoms with E-state index in [4.69, 9.17) is 0 Å². The zero-order valence-electron chi connectivity index (χ0n) is 23.8. The van der Waals surface area contributed by atoms with Crippen molar-refractivity contribution in [2.75, 3.05) is 0 Å². The van der Waals surface area contributed by atoms with Gasteiger partial charge in [0.05, 0.1) is 0 Å². The van der Waals surface area contributed by atoms with E-state index >= 15 is 0 Å². The van der Waals surface area contributed by atoms with Crippen molar-refractivity contribution in [3.63, 3.8) is 0 Å². The molecule has 0 nitrogen and oxygen atoms in total. The summed E-state index contributed by atoms with van der Waals surface area (Å²) >= 11 is -4.79. The van der Waals surface area contributed by atoms with Crippen LogP contribution < -0.4 is 0 Å². The van der Waals surface area contributed by atoms with Gasteiger partial charge in [0.25, 0.3) is 0 Å². The molecule has 3 aromatic carbocycles. The molecular formula is C35H46SiZr. The second kappa shape index (κ2) is 8.37. The maximum absolute atomic E-state index is 4.79. The number of allylic oxidation sites excluding steroid dienone is 2. The first-order chi connectivity index (χ1) is 17.5. The first-order valence-electron chi connectivity index (χ1n) is 14.7. The van der Waals surface area contributed by atoms with Gasteiger partial charge >= 0.3 is 223 Å². The Balaban J connectivity index is 1.86. The Kier molecular flexibility index (Phi) is 6.07. The average molecular weight is 586 g/mol. The average Bonchev–Trinajstić information content (AvgIpc) is 3.50. The monoisotopic (exact) mass is 584 g/mol. The van der Waals surface area contributed by atoms with Crippen molar-refractivity contribution in [2.45, 2.75) is 71.2 Å². The van der Waals surface area contributed by atoms with Gasteiger partial charge in [-0.05, 0) is 0 Å². The molecule has 0 amide bonds. The van der Waals surface area contributed by atoms with Crippen LogP contribution in [0.1, 0.15) is 76.0 Å². The molecule has 194 valence electrons. The molecule has 0 aromatic heterocycles. The Hall–Kier alpha value is -1.76. The van der Waals surface area contributed by atoms with E-state index in [1.54, 1.807) is 16.7 Å². The second-order valence-corrected chi connectivity index (χ2v) is 68.7. The van der Waals surface area contributed by atoms with Crippen LogP contribution in [0.25, 0.3) is 23.3 Å². The van der Waals surface area contributed by atoms with Gasteiger partial charge in [-0.2, -0.15) is 0 Å². The number of hydrogen-bond donors (Lipinski definition) is 0. The van der Waals surface area contributed by atoms with Crippen molar-refractivity contribution in [1.29, 1.82) is 0 Å². The summed E-state index contributed by atoms with van der Waals surface area (Å²) < 4.78 is 9.62. The van der Waals surface area contributed by atoms with E-state index in [1.807, 2.05) is 0 Å². The minimum absolute atomic E-state index is 0.492. The molecule has 2 aliphatic rings. The van der Waals surface area contributed by atoms with Crippen molar-refractivity contribution >= 4 is 19.0 Å². The van der Waals surface area contributed by atoms with Crippen LogP contribution >= 0.6 is 0 Å². The number of benzene rings is 3. The molecule has 3 aromatic rings. The van der Waals surface area contributed by atoms with Crippen molar-refractivity contribution in [3.05, 3.63) is 107 Å². The summed E-state index contributed by atoms with van der Waals surface area (Å²) in [6.45, 7) is 9.82. The van der Waals surface area contributed by atoms with Gasteiger partial charge in [-0.1, -0.05) is 0 Å². The van der Waals surface area contributed by atoms with Crippen LogP contribution in [0.3, 0.4) is 0 Å². The van der Waals surface area contributed by atoms with E-state index in [0.717, 1.165) is 0 Å². The third-order valence-electron chi connectivity index (χ3n) is 11.3. The maximum atomic E-state index is 2.92. The molecule has 37 heavy (non-hydrogen) atoms. The fourth-order valence-electron chi connectivity index (χ4n) is 9.54. The van der Waals surface area contributed by atoms with Crippen molar-refractivity contribution in [1.82, 2.24) is 0 Å². The third-order valence-corrected chi connectivity index (χ3v) is 50.5. The summed E-state index contributed by atoms with van der Waals surface area (Å²) in [5.41, 5.74) is 10.4. The summed E-state index contributed by atoms with van der Waals surface area (Å²) in [6, 6.07) is 27.5. The Labute approximate surface area is 221 Å². The SMILES string of the molecule is CCC[CH2][Zr]([CH3])([CH3])(=[SiH2])([CH2]CCC)([CH]1C=Cc2c(-c3ccccc3)cccc21)[CH]1C(C)=Cc2ccccc21. The van der Waals surface area contributed by atoms with E-state index in [0.29, 0.717) is 7.25 Å². The molecule has 0 saturated heterocycles. The Bertz CT molecular complexity index is 1530. The van der Waals surface area contributed by atoms with Gasteiger partial charge < -0.3 is 0 Å². The summed E-state index contributed by atoms with van der Waals surface area (Å²) in [7, 11) is 0. The van der Waals surface area contributed by atoms with Crippen molar-refractivity contribution < 1.29 is 14.4 Å². The topological polar surface area (TPSA) is 0 Å². The van der Waals surface area contributed by atoms with Crippen LogP contribution in [0.2, 0.25) is 17.5 Å². The van der Waals surface area contributed by atoms with E-state index in [2.05, 4.69) is 128 Å². The third kappa shape index (κ3) is 3.84. The fraction of sp³-hybridized carbons (Fsp3) is 0.371. The van der Waals surface area contributed by atoms with E-state index in [9.17, 15) is 0 Å². The Morgan fingerprint density at radius 3 is 2.05 bits per heavy atom. The Morgan fingerprint density at radius 1 is 0.757 bits per heavy atom. The summed E-state index contributed by atoms with van der Waals surface area (Å²) in [5.74, 6) is 0. The zero-order chi connectivity index (χ0) is 26.4. The number of unbranched alkanes of at least 4 members (excludes halogenated alkanes) is 2. The standard InChI is InChI=1S/C15H11.C10H9.2C4H9.2CH3.H2Si.Zr/c1-2-6-12(7-3-1)14-10-4-8-13-9-5-11-15(13)14;1-8-6-9-4-2-3-5-10(9)7-8;2*1-3-4-2;;;;/h1-11H;2-7H,1H3;2*1,3-4H2,2H3;2*1H3;1H2;. The molecule has 2 heteroatoms. The van der Waals surface area contributed by atoms with Crippen LogP contribution in [-0.2, 0) is 14.4 Å². The van der Waals surface area contributed by atoms with Gasteiger partial charge in [0, 0.05) is 0 Å². The van der Waals surface area contributed by atoms with Gasteiger partial charge in [-0.3, -0.25) is 0 Å². The summed E-state index contributed by atoms with van der Waals surface area (Å²) in [6.07, 6.45) is 12.9. The normalized spacial score (nSPS) is 21.3. The molecular weight excluding hydrogens is 540 g/mol. The minimum atomic E-state index is -4.79. The van der Waals surface area contributed by atoms with Crippen molar-refractivity contribution in [2.24, 2.45) is 0 Å². The summed E-state index contributed by atoms with van der Waals surface area (Å²) in [5, 5.41) is 0. The number of rotatable bonds is 9. The number of hydrogen-bond acceptors (Lipinski definition) is 0. The molecule has 0 fully saturated rings. The number of fused-ring (bicyclic) bond motifs is 2. The van der Waals surface area contributed by atoms with E-state index in [1.165, 1.54) is 56.2 Å². The van der Waals surface area contributed by atoms with Crippen LogP contribution in [0.4, 0.5) is 0 Å². The quantitative estimate of drug-likeness (QED) is 0.219. The van der Waals surface area contributed by atoms with Crippen LogP contribution in [0.15, 0.2) is 84.4 Å². The molecule has 0 saturated carbocycles. The molecule has 2 unspecified atom stereocenters. The predicted octanol–water partition coefficient (Wildman–Crippen LogP) is 10.4. The first kappa shape index (κ1) is 26.8. The van der Waals surface area contributed by atoms with E-state index < -0.39 is 14.4 Å². The molecule has 2 aliphatic carbocycles. The molecule has 0 N–H and O–H groups in total. The molecule has 0 spiro atoms. The van der Waals surface area contributed by atoms with Gasteiger partial charge in [-0.15, -0.1) is 0 Å². The van der Waals surface area contributed by atoms with E-state index in [-0.39, 0.29) is 0 Å². The fourth-order valence-corrected chi connectivity index (χ4v) is 48.3. The molecule has 5 rings (SSSR count). The van der Waals surface area contributed by atoms with Gasteiger partial charge in [-0.25, -0.2) is 0 Å². The van der Waals surface area contributed by atoms with Gasteiger partial charge in [0.2, 0.25) is 0 Å². The second-order valence-electron chi connectivity index (χ2n) is 15.1. The van der Waals surface area contributed by atoms with Crippen LogP contribution in [-0.4, -0.2) is 6.88 Å². The molecule has 2 atom stereocenters. The molecule has 0 heterocycles. The predicted molar refractivity (Wildman–Crippen MR) is 166 cm³/mol. The molecule has 0 aliphatic heterocycles. The molecule has 0 radical (unpaired) electrons. The van der Waals surface area contributed by atoms with Gasteiger partial charge in [0.15, 0.2) is 0 Å². The van der Waals surface area contributed by atoms with Crippen molar-refractivity contribution in [3.8, 4) is 11.1 Å². The van der Waals surface area contributed by atoms with Crippen LogP contribution in [0, 0.1) is 0 Å². The van der Waals surface area contributed by atoms with Crippen LogP contribution in [0.5, 0.6) is 0 Å². The zero-order valence-corrected chi connectivity index (χ0v) is 27.6.